The molecule has 0 aliphatic heterocycles. The molecule has 0 saturated heterocycles. The maximum Gasteiger partial charge on any atom is 0.0700 e. The van der Waals surface area contributed by atoms with Gasteiger partial charge >= 0.3 is 0 Å². The lowest BCUT2D eigenvalue weighted by Gasteiger charge is -2.06. The molecule has 0 saturated carbocycles. The van der Waals surface area contributed by atoms with Crippen LogP contribution in [0.5, 0.6) is 0 Å². The predicted molar refractivity (Wildman–Crippen MR) is 54.9 cm³/mol. The Kier molecular flexibility index (Phi) is 9.80. The molecule has 0 radical (unpaired) electrons. The van der Waals surface area contributed by atoms with Gasteiger partial charge in [0.05, 0.1) is 13.2 Å². The molecule has 0 aromatic rings. The van der Waals surface area contributed by atoms with Crippen LogP contribution in [0.2, 0.25) is 0 Å². The third-order valence-electron chi connectivity index (χ3n) is 1.25. The maximum absolute atomic E-state index is 5.34. The second-order valence-electron chi connectivity index (χ2n) is 3.12. The topological polar surface area (TPSA) is 18.5 Å². The molecule has 0 rings (SSSR count). The molecule has 0 aromatic heterocycles. The van der Waals surface area contributed by atoms with Crippen molar-refractivity contribution in [3.05, 3.63) is 0 Å². The number of rotatable bonds is 8. The smallest absolute Gasteiger partial charge is 0.0700 e. The van der Waals surface area contributed by atoms with E-state index in [0.717, 1.165) is 38.2 Å². The second kappa shape index (κ2) is 9.49. The Morgan fingerprint density at radius 3 is 2.33 bits per heavy atom. The summed E-state index contributed by atoms with van der Waals surface area (Å²) in [5.41, 5.74) is 0. The summed E-state index contributed by atoms with van der Waals surface area (Å²) in [7, 11) is 0. The van der Waals surface area contributed by atoms with E-state index in [0.29, 0.717) is 5.92 Å². The highest BCUT2D eigenvalue weighted by Gasteiger charge is 1.93. The Labute approximate surface area is 83.8 Å². The average molecular weight is 239 g/mol. The molecule has 0 fully saturated rings. The Balaban J connectivity index is 2.82. The van der Waals surface area contributed by atoms with E-state index in [-0.39, 0.29) is 0 Å². The van der Waals surface area contributed by atoms with E-state index in [9.17, 15) is 0 Å². The standard InChI is InChI=1S/C9H19BrO2/c1-9(2)8-12-7-6-11-5-3-4-10/h9H,3-8H2,1-2H3. The maximum atomic E-state index is 5.34. The lowest BCUT2D eigenvalue weighted by Crippen LogP contribution is -2.09. The molecule has 0 aliphatic carbocycles. The molecule has 0 aliphatic rings. The second-order valence-corrected chi connectivity index (χ2v) is 3.92. The molecule has 0 N–H and O–H groups in total. The predicted octanol–water partition coefficient (Wildman–Crippen LogP) is 2.46. The fourth-order valence-electron chi connectivity index (χ4n) is 0.696. The van der Waals surface area contributed by atoms with Gasteiger partial charge in [0.25, 0.3) is 0 Å². The van der Waals surface area contributed by atoms with Crippen LogP contribution >= 0.6 is 15.9 Å². The van der Waals surface area contributed by atoms with Gasteiger partial charge in [-0.3, -0.25) is 0 Å². The molecule has 0 aromatic carbocycles. The van der Waals surface area contributed by atoms with Crippen molar-refractivity contribution in [3.8, 4) is 0 Å². The molecule has 0 atom stereocenters. The Bertz CT molecular complexity index is 86.6. The van der Waals surface area contributed by atoms with Crippen molar-refractivity contribution in [2.45, 2.75) is 20.3 Å². The van der Waals surface area contributed by atoms with Crippen molar-refractivity contribution in [2.75, 3.05) is 31.8 Å². The summed E-state index contributed by atoms with van der Waals surface area (Å²) in [4.78, 5) is 0. The first-order chi connectivity index (χ1) is 5.77. The van der Waals surface area contributed by atoms with Gasteiger partial charge in [0.1, 0.15) is 0 Å². The van der Waals surface area contributed by atoms with Gasteiger partial charge in [0.15, 0.2) is 0 Å². The summed E-state index contributed by atoms with van der Waals surface area (Å²) in [6, 6.07) is 0. The average Bonchev–Trinajstić information content (AvgIpc) is 2.02. The van der Waals surface area contributed by atoms with Crippen LogP contribution < -0.4 is 0 Å². The van der Waals surface area contributed by atoms with Crippen LogP contribution in [0.15, 0.2) is 0 Å². The molecule has 0 heterocycles. The Morgan fingerprint density at radius 1 is 1.08 bits per heavy atom. The molecule has 0 bridgehead atoms. The van der Waals surface area contributed by atoms with Gasteiger partial charge in [-0.15, -0.1) is 0 Å². The van der Waals surface area contributed by atoms with Crippen molar-refractivity contribution in [2.24, 2.45) is 5.92 Å². The van der Waals surface area contributed by atoms with E-state index < -0.39 is 0 Å². The molecule has 2 nitrogen and oxygen atoms in total. The molecule has 0 spiro atoms. The van der Waals surface area contributed by atoms with Crippen molar-refractivity contribution in [1.29, 1.82) is 0 Å². The van der Waals surface area contributed by atoms with Crippen molar-refractivity contribution in [1.82, 2.24) is 0 Å². The Hall–Kier alpha value is 0.400. The number of hydrogen-bond donors (Lipinski definition) is 0. The number of halogens is 1. The number of alkyl halides is 1. The van der Waals surface area contributed by atoms with Crippen LogP contribution in [-0.4, -0.2) is 31.8 Å². The van der Waals surface area contributed by atoms with Gasteiger partial charge in [-0.1, -0.05) is 29.8 Å². The molecule has 0 unspecified atom stereocenters. The highest BCUT2D eigenvalue weighted by Crippen LogP contribution is 1.92. The SMILES string of the molecule is CC(C)COCCOCCCBr. The number of ether oxygens (including phenoxy) is 2. The van der Waals surface area contributed by atoms with Crippen LogP contribution in [0.25, 0.3) is 0 Å². The first kappa shape index (κ1) is 12.4. The summed E-state index contributed by atoms with van der Waals surface area (Å²) < 4.78 is 10.6. The van der Waals surface area contributed by atoms with Crippen molar-refractivity contribution in [3.63, 3.8) is 0 Å². The van der Waals surface area contributed by atoms with Crippen molar-refractivity contribution < 1.29 is 9.47 Å². The van der Waals surface area contributed by atoms with Gasteiger partial charge in [-0.05, 0) is 12.3 Å². The minimum atomic E-state index is 0.618. The zero-order valence-electron chi connectivity index (χ0n) is 8.01. The van der Waals surface area contributed by atoms with E-state index in [4.69, 9.17) is 9.47 Å². The molecular formula is C9H19BrO2. The van der Waals surface area contributed by atoms with Crippen molar-refractivity contribution >= 4 is 15.9 Å². The highest BCUT2D eigenvalue weighted by molar-refractivity contribution is 9.09. The van der Waals surface area contributed by atoms with Crippen LogP contribution in [0.4, 0.5) is 0 Å². The zero-order chi connectivity index (χ0) is 9.23. The monoisotopic (exact) mass is 238 g/mol. The summed E-state index contributed by atoms with van der Waals surface area (Å²) in [5, 5.41) is 1.01. The van der Waals surface area contributed by atoms with E-state index in [2.05, 4.69) is 29.8 Å². The fraction of sp³-hybridized carbons (Fsp3) is 1.00. The first-order valence-corrected chi connectivity index (χ1v) is 5.61. The van der Waals surface area contributed by atoms with Crippen LogP contribution in [0.1, 0.15) is 20.3 Å². The van der Waals surface area contributed by atoms with Crippen LogP contribution in [-0.2, 0) is 9.47 Å². The van der Waals surface area contributed by atoms with Gasteiger partial charge in [-0.2, -0.15) is 0 Å². The van der Waals surface area contributed by atoms with E-state index >= 15 is 0 Å². The van der Waals surface area contributed by atoms with E-state index in [1.807, 2.05) is 0 Å². The van der Waals surface area contributed by atoms with E-state index in [1.54, 1.807) is 0 Å². The summed E-state index contributed by atoms with van der Waals surface area (Å²) in [6.45, 7) is 7.40. The highest BCUT2D eigenvalue weighted by atomic mass is 79.9. The molecule has 12 heavy (non-hydrogen) atoms. The van der Waals surface area contributed by atoms with Gasteiger partial charge in [0, 0.05) is 18.5 Å². The fourth-order valence-corrected chi connectivity index (χ4v) is 0.924. The third kappa shape index (κ3) is 10.4. The van der Waals surface area contributed by atoms with Gasteiger partial charge in [0.2, 0.25) is 0 Å². The molecule has 74 valence electrons. The molecule has 0 amide bonds. The minimum absolute atomic E-state index is 0.618. The summed E-state index contributed by atoms with van der Waals surface area (Å²) >= 11 is 3.34. The largest absolute Gasteiger partial charge is 0.379 e. The van der Waals surface area contributed by atoms with Crippen LogP contribution in [0, 0.1) is 5.92 Å². The van der Waals surface area contributed by atoms with Gasteiger partial charge < -0.3 is 9.47 Å². The first-order valence-electron chi connectivity index (χ1n) is 4.48. The minimum Gasteiger partial charge on any atom is -0.379 e. The zero-order valence-corrected chi connectivity index (χ0v) is 9.60. The lowest BCUT2D eigenvalue weighted by molar-refractivity contribution is 0.0383. The summed E-state index contributed by atoms with van der Waals surface area (Å²) in [5.74, 6) is 0.618. The quantitative estimate of drug-likeness (QED) is 0.478. The Morgan fingerprint density at radius 2 is 1.75 bits per heavy atom. The van der Waals surface area contributed by atoms with Crippen LogP contribution in [0.3, 0.4) is 0 Å². The lowest BCUT2D eigenvalue weighted by atomic mass is 10.2. The number of hydrogen-bond acceptors (Lipinski definition) is 2. The molecular weight excluding hydrogens is 220 g/mol. The normalized spacial score (nSPS) is 11.0. The third-order valence-corrected chi connectivity index (χ3v) is 1.81. The van der Waals surface area contributed by atoms with Gasteiger partial charge in [-0.25, -0.2) is 0 Å². The molecule has 3 heteroatoms. The van der Waals surface area contributed by atoms with E-state index in [1.165, 1.54) is 0 Å². The summed E-state index contributed by atoms with van der Waals surface area (Å²) in [6.07, 6.45) is 1.07.